The highest BCUT2D eigenvalue weighted by molar-refractivity contribution is 7.90. The summed E-state index contributed by atoms with van der Waals surface area (Å²) >= 11 is 5.78. The summed E-state index contributed by atoms with van der Waals surface area (Å²) in [6.45, 7) is 0.915. The van der Waals surface area contributed by atoms with E-state index in [0.717, 1.165) is 18.7 Å². The van der Waals surface area contributed by atoms with E-state index in [1.54, 1.807) is 12.1 Å². The highest BCUT2D eigenvalue weighted by Crippen LogP contribution is 2.48. The van der Waals surface area contributed by atoms with Crippen molar-refractivity contribution in [2.24, 2.45) is 5.41 Å². The number of hydrogen-bond donors (Lipinski definition) is 1. The largest absolute Gasteiger partial charge is 0.384 e. The topological polar surface area (TPSA) is 46.2 Å². The molecule has 3 nitrogen and oxygen atoms in total. The van der Waals surface area contributed by atoms with Crippen molar-refractivity contribution in [3.05, 3.63) is 24.3 Å². The molecule has 0 bridgehead atoms. The molecule has 0 saturated heterocycles. The van der Waals surface area contributed by atoms with Gasteiger partial charge in [0.1, 0.15) is 0 Å². The predicted octanol–water partition coefficient (Wildman–Crippen LogP) is 2.91. The fraction of sp³-hybridized carbons (Fsp3) is 0.538. The average Bonchev–Trinajstić information content (AvgIpc) is 3.07. The molecular weight excluding hydrogens is 270 g/mol. The standard InChI is InChI=1S/C13H18ClNO2S/c1-18(16,17)12-4-2-11(3-5-12)15-10-13(6-7-13)8-9-14/h2-5,15H,6-10H2,1H3. The minimum Gasteiger partial charge on any atom is -0.384 e. The van der Waals surface area contributed by atoms with E-state index >= 15 is 0 Å². The molecule has 2 rings (SSSR count). The lowest BCUT2D eigenvalue weighted by Crippen LogP contribution is -2.15. The molecule has 18 heavy (non-hydrogen) atoms. The Morgan fingerprint density at radius 3 is 2.33 bits per heavy atom. The fourth-order valence-corrected chi connectivity index (χ4v) is 3.03. The molecule has 1 N–H and O–H groups in total. The summed E-state index contributed by atoms with van der Waals surface area (Å²) in [5, 5.41) is 3.36. The van der Waals surface area contributed by atoms with E-state index in [2.05, 4.69) is 5.32 Å². The zero-order chi connectivity index (χ0) is 13.2. The average molecular weight is 288 g/mol. The number of anilines is 1. The molecule has 0 unspecified atom stereocenters. The van der Waals surface area contributed by atoms with Gasteiger partial charge >= 0.3 is 0 Å². The van der Waals surface area contributed by atoms with Crippen LogP contribution in [0, 0.1) is 5.41 Å². The smallest absolute Gasteiger partial charge is 0.175 e. The highest BCUT2D eigenvalue weighted by atomic mass is 35.5. The van der Waals surface area contributed by atoms with E-state index in [9.17, 15) is 8.42 Å². The third-order valence-electron chi connectivity index (χ3n) is 3.53. The lowest BCUT2D eigenvalue weighted by atomic mass is 10.0. The fourth-order valence-electron chi connectivity index (χ4n) is 2.00. The molecule has 0 spiro atoms. The molecule has 0 heterocycles. The van der Waals surface area contributed by atoms with Gasteiger partial charge in [0.25, 0.3) is 0 Å². The second-order valence-electron chi connectivity index (χ2n) is 5.09. The van der Waals surface area contributed by atoms with Crippen LogP contribution in [0.15, 0.2) is 29.2 Å². The predicted molar refractivity (Wildman–Crippen MR) is 75.0 cm³/mol. The Morgan fingerprint density at radius 1 is 1.28 bits per heavy atom. The normalized spacial score (nSPS) is 17.4. The van der Waals surface area contributed by atoms with Crippen molar-refractivity contribution < 1.29 is 8.42 Å². The van der Waals surface area contributed by atoms with Crippen molar-refractivity contribution >= 4 is 27.1 Å². The quantitative estimate of drug-likeness (QED) is 0.818. The second-order valence-corrected chi connectivity index (χ2v) is 7.48. The minimum atomic E-state index is -3.10. The summed E-state index contributed by atoms with van der Waals surface area (Å²) < 4.78 is 22.6. The molecule has 0 amide bonds. The first-order valence-electron chi connectivity index (χ1n) is 6.05. The third kappa shape index (κ3) is 3.39. The van der Waals surface area contributed by atoms with Gasteiger partial charge in [0, 0.05) is 24.4 Å². The van der Waals surface area contributed by atoms with E-state index in [-0.39, 0.29) is 0 Å². The van der Waals surface area contributed by atoms with Crippen LogP contribution >= 0.6 is 11.6 Å². The van der Waals surface area contributed by atoms with Crippen LogP contribution in [0.3, 0.4) is 0 Å². The maximum Gasteiger partial charge on any atom is 0.175 e. The van der Waals surface area contributed by atoms with E-state index in [4.69, 9.17) is 11.6 Å². The molecule has 1 aromatic carbocycles. The van der Waals surface area contributed by atoms with E-state index in [1.807, 2.05) is 12.1 Å². The number of hydrogen-bond acceptors (Lipinski definition) is 3. The van der Waals surface area contributed by atoms with Gasteiger partial charge in [-0.2, -0.15) is 0 Å². The molecule has 0 atom stereocenters. The van der Waals surface area contributed by atoms with Gasteiger partial charge < -0.3 is 5.32 Å². The summed E-state index contributed by atoms with van der Waals surface area (Å²) in [4.78, 5) is 0.356. The number of nitrogens with one attached hydrogen (secondary N) is 1. The van der Waals surface area contributed by atoms with Crippen LogP contribution < -0.4 is 5.32 Å². The van der Waals surface area contributed by atoms with Crippen molar-refractivity contribution in [3.63, 3.8) is 0 Å². The zero-order valence-corrected chi connectivity index (χ0v) is 12.0. The van der Waals surface area contributed by atoms with Crippen LogP contribution in [0.4, 0.5) is 5.69 Å². The summed E-state index contributed by atoms with van der Waals surface area (Å²) in [6.07, 6.45) is 4.72. The highest BCUT2D eigenvalue weighted by Gasteiger charge is 2.41. The van der Waals surface area contributed by atoms with Crippen molar-refractivity contribution in [2.45, 2.75) is 24.2 Å². The molecule has 1 aliphatic carbocycles. The summed E-state index contributed by atoms with van der Waals surface area (Å²) in [6, 6.07) is 6.90. The van der Waals surface area contributed by atoms with Crippen LogP contribution in [0.5, 0.6) is 0 Å². The van der Waals surface area contributed by atoms with Gasteiger partial charge in [-0.05, 0) is 48.9 Å². The Morgan fingerprint density at radius 2 is 1.89 bits per heavy atom. The lowest BCUT2D eigenvalue weighted by molar-refractivity contribution is 0.525. The van der Waals surface area contributed by atoms with Gasteiger partial charge in [-0.3, -0.25) is 0 Å². The SMILES string of the molecule is CS(=O)(=O)c1ccc(NCC2(CCCl)CC2)cc1. The van der Waals surface area contributed by atoms with E-state index < -0.39 is 9.84 Å². The monoisotopic (exact) mass is 287 g/mol. The number of rotatable bonds is 6. The van der Waals surface area contributed by atoms with Crippen molar-refractivity contribution in [1.82, 2.24) is 0 Å². The third-order valence-corrected chi connectivity index (χ3v) is 4.85. The summed E-state index contributed by atoms with van der Waals surface area (Å²) in [7, 11) is -3.10. The molecule has 1 saturated carbocycles. The lowest BCUT2D eigenvalue weighted by Gasteiger charge is -2.15. The Kier molecular flexibility index (Phi) is 3.87. The molecular formula is C13H18ClNO2S. The maximum atomic E-state index is 11.3. The number of benzene rings is 1. The van der Waals surface area contributed by atoms with Gasteiger partial charge in [-0.25, -0.2) is 8.42 Å². The molecule has 1 aromatic rings. The minimum absolute atomic E-state index is 0.356. The van der Waals surface area contributed by atoms with Crippen LogP contribution in [0.25, 0.3) is 0 Å². The first-order valence-corrected chi connectivity index (χ1v) is 8.48. The van der Waals surface area contributed by atoms with Gasteiger partial charge in [-0.1, -0.05) is 0 Å². The molecule has 1 fully saturated rings. The molecule has 0 aliphatic heterocycles. The molecule has 0 aromatic heterocycles. The van der Waals surface area contributed by atoms with Crippen LogP contribution in [-0.4, -0.2) is 27.1 Å². The molecule has 1 aliphatic rings. The molecule has 0 radical (unpaired) electrons. The Hall–Kier alpha value is -0.740. The van der Waals surface area contributed by atoms with Crippen molar-refractivity contribution in [3.8, 4) is 0 Å². The van der Waals surface area contributed by atoms with Crippen LogP contribution in [-0.2, 0) is 9.84 Å². The van der Waals surface area contributed by atoms with Crippen molar-refractivity contribution in [1.29, 1.82) is 0 Å². The van der Waals surface area contributed by atoms with Gasteiger partial charge in [0.2, 0.25) is 0 Å². The van der Waals surface area contributed by atoms with E-state index in [1.165, 1.54) is 19.1 Å². The van der Waals surface area contributed by atoms with Crippen molar-refractivity contribution in [2.75, 3.05) is 24.0 Å². The second kappa shape index (κ2) is 5.10. The summed E-state index contributed by atoms with van der Waals surface area (Å²) in [5.74, 6) is 0.703. The van der Waals surface area contributed by atoms with E-state index in [0.29, 0.717) is 16.2 Å². The zero-order valence-electron chi connectivity index (χ0n) is 10.4. The van der Waals surface area contributed by atoms with Gasteiger partial charge in [0.15, 0.2) is 9.84 Å². The Bertz CT molecular complexity index is 506. The maximum absolute atomic E-state index is 11.3. The molecule has 5 heteroatoms. The van der Waals surface area contributed by atoms with Gasteiger partial charge in [-0.15, -0.1) is 11.6 Å². The number of halogens is 1. The molecule has 100 valence electrons. The Balaban J connectivity index is 1.95. The summed E-state index contributed by atoms with van der Waals surface area (Å²) in [5.41, 5.74) is 1.33. The van der Waals surface area contributed by atoms with Crippen LogP contribution in [0.1, 0.15) is 19.3 Å². The Labute approximate surface area is 113 Å². The van der Waals surface area contributed by atoms with Crippen LogP contribution in [0.2, 0.25) is 0 Å². The number of alkyl halides is 1. The number of sulfone groups is 1. The first-order chi connectivity index (χ1) is 8.45. The first kappa shape index (κ1) is 13.7. The van der Waals surface area contributed by atoms with Gasteiger partial charge in [0.05, 0.1) is 4.90 Å².